The van der Waals surface area contributed by atoms with E-state index in [1.165, 1.54) is 0 Å². The molecule has 6 heteroatoms. The third kappa shape index (κ3) is 2.40. The van der Waals surface area contributed by atoms with E-state index < -0.39 is 10.0 Å². The molecule has 0 radical (unpaired) electrons. The molecule has 0 amide bonds. The summed E-state index contributed by atoms with van der Waals surface area (Å²) >= 11 is 0. The quantitative estimate of drug-likeness (QED) is 0.464. The normalized spacial score (nSPS) is 11.2. The molecule has 1 aromatic heterocycles. The average Bonchev–Trinajstić information content (AvgIpc) is 2.83. The summed E-state index contributed by atoms with van der Waals surface area (Å²) in [5, 5.41) is 0. The topological polar surface area (TPSA) is 52.0 Å². The van der Waals surface area contributed by atoms with Gasteiger partial charge in [-0.15, -0.1) is 12.1 Å². The monoisotopic (exact) mass is 278 g/mol. The second-order valence-corrected chi connectivity index (χ2v) is 6.07. The van der Waals surface area contributed by atoms with E-state index in [2.05, 4.69) is 11.3 Å². The second kappa shape index (κ2) is 5.45. The molecular weight excluding hydrogens is 267 g/mol. The molecule has 0 atom stereocenters. The molecule has 0 spiro atoms. The largest absolute Gasteiger partial charge is 1.00 e. The number of nitrogens with zero attached hydrogens (tertiary/aromatic N) is 2. The number of benzene rings is 2. The van der Waals surface area contributed by atoms with E-state index in [-0.39, 0.29) is 23.8 Å². The Morgan fingerprint density at radius 2 is 1.70 bits per heavy atom. The van der Waals surface area contributed by atoms with Crippen LogP contribution in [0, 0.1) is 13.3 Å². The first-order chi connectivity index (χ1) is 9.09. The zero-order chi connectivity index (χ0) is 13.5. The summed E-state index contributed by atoms with van der Waals surface area (Å²) in [6.45, 7) is 1.91. The van der Waals surface area contributed by atoms with Gasteiger partial charge in [0.2, 0.25) is 10.0 Å². The van der Waals surface area contributed by atoms with Crippen molar-refractivity contribution in [3.05, 3.63) is 60.4 Å². The van der Waals surface area contributed by atoms with Gasteiger partial charge in [-0.1, -0.05) is 40.9 Å². The molecular formula is C14H11LiN2O2S. The van der Waals surface area contributed by atoms with Gasteiger partial charge < -0.3 is 8.96 Å². The zero-order valence-corrected chi connectivity index (χ0v) is 12.1. The minimum atomic E-state index is -3.64. The first kappa shape index (κ1) is 14.9. The Balaban J connectivity index is 0.00000147. The third-order valence-electron chi connectivity index (χ3n) is 2.92. The second-order valence-electron chi connectivity index (χ2n) is 4.28. The van der Waals surface area contributed by atoms with Crippen molar-refractivity contribution in [2.75, 3.05) is 0 Å². The maximum atomic E-state index is 12.5. The Bertz CT molecular complexity index is 839. The molecule has 0 saturated heterocycles. The van der Waals surface area contributed by atoms with Crippen molar-refractivity contribution in [3.63, 3.8) is 0 Å². The third-order valence-corrected chi connectivity index (χ3v) is 4.55. The maximum Gasteiger partial charge on any atom is 1.00 e. The molecule has 3 aromatic rings. The summed E-state index contributed by atoms with van der Waals surface area (Å²) in [6, 6.07) is 13.8. The van der Waals surface area contributed by atoms with Crippen LogP contribution in [0.15, 0.2) is 53.4 Å². The molecule has 0 N–H and O–H groups in total. The summed E-state index contributed by atoms with van der Waals surface area (Å²) in [4.78, 5) is 4.22. The minimum Gasteiger partial charge on any atom is -0.377 e. The summed E-state index contributed by atoms with van der Waals surface area (Å²) in [6.07, 6.45) is 2.55. The van der Waals surface area contributed by atoms with Crippen molar-refractivity contribution in [2.45, 2.75) is 11.8 Å². The fraction of sp³-hybridized carbons (Fsp3) is 0.0714. The van der Waals surface area contributed by atoms with E-state index in [9.17, 15) is 8.42 Å². The van der Waals surface area contributed by atoms with Gasteiger partial charge in [-0.2, -0.15) is 0 Å². The van der Waals surface area contributed by atoms with Crippen molar-refractivity contribution in [1.82, 2.24) is 8.96 Å². The van der Waals surface area contributed by atoms with Crippen LogP contribution in [0.25, 0.3) is 11.0 Å². The molecule has 3 rings (SSSR count). The standard InChI is InChI=1S/C14H11N2O2S.Li/c1-11-6-8-12(9-7-11)19(17,18)16-10-15-13-4-2-3-5-14(13)16;/h2-9H,1H3;/q-1;+1. The first-order valence-corrected chi connectivity index (χ1v) is 7.20. The number of aromatic nitrogens is 2. The van der Waals surface area contributed by atoms with Crippen molar-refractivity contribution in [2.24, 2.45) is 0 Å². The van der Waals surface area contributed by atoms with Crippen molar-refractivity contribution >= 4 is 21.1 Å². The van der Waals surface area contributed by atoms with E-state index in [4.69, 9.17) is 0 Å². The predicted octanol–water partition coefficient (Wildman–Crippen LogP) is -0.614. The fourth-order valence-electron chi connectivity index (χ4n) is 1.88. The number of para-hydroxylation sites is 2. The molecule has 0 bridgehead atoms. The SMILES string of the molecule is Cc1ccc(S(=O)(=O)n2[c-]nc3ccccc32)cc1.[Li+]. The van der Waals surface area contributed by atoms with Crippen molar-refractivity contribution in [3.8, 4) is 0 Å². The molecule has 2 aromatic carbocycles. The van der Waals surface area contributed by atoms with E-state index in [1.807, 2.05) is 13.0 Å². The summed E-state index contributed by atoms with van der Waals surface area (Å²) in [5.41, 5.74) is 2.15. The maximum absolute atomic E-state index is 12.5. The number of hydrogen-bond donors (Lipinski definition) is 0. The van der Waals surface area contributed by atoms with Crippen LogP contribution in [-0.4, -0.2) is 17.4 Å². The molecule has 0 fully saturated rings. The molecule has 0 aliphatic carbocycles. The Labute approximate surface area is 129 Å². The van der Waals surface area contributed by atoms with Gasteiger partial charge in [0.25, 0.3) is 0 Å². The number of hydrogen-bond acceptors (Lipinski definition) is 3. The van der Waals surface area contributed by atoms with Gasteiger partial charge in [0.05, 0.1) is 4.90 Å². The Kier molecular flexibility index (Phi) is 4.05. The zero-order valence-electron chi connectivity index (χ0n) is 11.2. The van der Waals surface area contributed by atoms with Gasteiger partial charge >= 0.3 is 18.9 Å². The van der Waals surface area contributed by atoms with Gasteiger partial charge in [0.1, 0.15) is 0 Å². The van der Waals surface area contributed by atoms with Crippen LogP contribution in [0.5, 0.6) is 0 Å². The molecule has 0 aliphatic rings. The van der Waals surface area contributed by atoms with Crippen LogP contribution < -0.4 is 18.9 Å². The van der Waals surface area contributed by atoms with Crippen LogP contribution >= 0.6 is 0 Å². The van der Waals surface area contributed by atoms with E-state index in [1.54, 1.807) is 42.5 Å². The number of rotatable bonds is 2. The fourth-order valence-corrected chi connectivity index (χ4v) is 3.13. The van der Waals surface area contributed by atoms with E-state index in [0.29, 0.717) is 11.0 Å². The minimum absolute atomic E-state index is 0. The molecule has 0 aliphatic heterocycles. The first-order valence-electron chi connectivity index (χ1n) is 5.76. The molecule has 0 unspecified atom stereocenters. The van der Waals surface area contributed by atoms with Crippen LogP contribution in [0.1, 0.15) is 5.56 Å². The van der Waals surface area contributed by atoms with Crippen LogP contribution in [0.2, 0.25) is 0 Å². The Morgan fingerprint density at radius 3 is 2.40 bits per heavy atom. The van der Waals surface area contributed by atoms with Crippen LogP contribution in [0.3, 0.4) is 0 Å². The predicted molar refractivity (Wildman–Crippen MR) is 72.3 cm³/mol. The van der Waals surface area contributed by atoms with Gasteiger partial charge in [0, 0.05) is 6.33 Å². The van der Waals surface area contributed by atoms with Gasteiger partial charge in [0.15, 0.2) is 0 Å². The van der Waals surface area contributed by atoms with E-state index >= 15 is 0 Å². The molecule has 20 heavy (non-hydrogen) atoms. The number of fused-ring (bicyclic) bond motifs is 1. The average molecular weight is 278 g/mol. The Morgan fingerprint density at radius 1 is 1.05 bits per heavy atom. The number of imidazole rings is 1. The van der Waals surface area contributed by atoms with Gasteiger partial charge in [-0.05, 0) is 19.1 Å². The van der Waals surface area contributed by atoms with Crippen molar-refractivity contribution in [1.29, 1.82) is 0 Å². The molecule has 1 heterocycles. The smallest absolute Gasteiger partial charge is 0.377 e. The van der Waals surface area contributed by atoms with Crippen molar-refractivity contribution < 1.29 is 27.3 Å². The Hall–Kier alpha value is -1.54. The van der Waals surface area contributed by atoms with Crippen LogP contribution in [0.4, 0.5) is 0 Å². The van der Waals surface area contributed by atoms with Gasteiger partial charge in [-0.3, -0.25) is 0 Å². The van der Waals surface area contributed by atoms with E-state index in [0.717, 1.165) is 9.54 Å². The molecule has 96 valence electrons. The van der Waals surface area contributed by atoms with Crippen LogP contribution in [-0.2, 0) is 10.0 Å². The molecule has 0 saturated carbocycles. The van der Waals surface area contributed by atoms with Gasteiger partial charge in [-0.25, -0.2) is 8.42 Å². The molecule has 4 nitrogen and oxygen atoms in total. The summed E-state index contributed by atoms with van der Waals surface area (Å²) in [5.74, 6) is 0. The summed E-state index contributed by atoms with van der Waals surface area (Å²) in [7, 11) is -3.64. The number of aryl methyl sites for hydroxylation is 1. The summed E-state index contributed by atoms with van der Waals surface area (Å²) < 4.78 is 26.1.